The molecule has 1 unspecified atom stereocenters. The van der Waals surface area contributed by atoms with Gasteiger partial charge in [0.2, 0.25) is 0 Å². The zero-order valence-electron chi connectivity index (χ0n) is 38.5. The third kappa shape index (κ3) is 12.5. The number of Topliss-reactive ketones (excluding diaryl/α,β-unsaturated/α-hetero) is 1. The van der Waals surface area contributed by atoms with Gasteiger partial charge < -0.3 is 63.2 Å². The number of nitrogens with zero attached hydrogens (tertiary/aromatic N) is 1. The first kappa shape index (κ1) is 53.0. The number of methoxy groups -OCH3 is 1. The van der Waals surface area contributed by atoms with Crippen LogP contribution in [0.2, 0.25) is 0 Å². The van der Waals surface area contributed by atoms with E-state index < -0.39 is 138 Å². The molecule has 3 fully saturated rings. The molecule has 0 bridgehead atoms. The van der Waals surface area contributed by atoms with E-state index in [-0.39, 0.29) is 32.3 Å². The predicted octanol–water partition coefficient (Wildman–Crippen LogP) is 2.77. The molecular formula is C43H74FNO16. The SMILES string of the molecule is CCOC(=O)CCC(=O)O[C@H]1[C@H](OC2[C@@H](C)[C@H](O[C@H]3C[C@@](C)(OC)[C@@H](O)[C@H](C)O3)[C@@H](C)C(=O)O[C@H](CC)[C@@](C)(O)[C@H](O)[C@@H](C)C(=O)[C@@](C)(F)C[C@@]2(C)O)O[C@H](C)C[C@@H]1N(C)C. The summed E-state index contributed by atoms with van der Waals surface area (Å²) < 4.78 is 65.4. The van der Waals surface area contributed by atoms with E-state index >= 15 is 4.39 Å². The number of carbonyl (C=O) groups excluding carboxylic acids is 4. The lowest BCUT2D eigenvalue weighted by molar-refractivity contribution is -0.319. The molecule has 4 N–H and O–H groups in total. The van der Waals surface area contributed by atoms with E-state index in [9.17, 15) is 39.6 Å². The number of alkyl halides is 1. The predicted molar refractivity (Wildman–Crippen MR) is 216 cm³/mol. The van der Waals surface area contributed by atoms with Gasteiger partial charge in [0.05, 0.1) is 73.1 Å². The van der Waals surface area contributed by atoms with Crippen molar-refractivity contribution in [3.8, 4) is 0 Å². The molecule has 3 saturated heterocycles. The number of ketones is 1. The van der Waals surface area contributed by atoms with E-state index in [1.165, 1.54) is 34.8 Å². The Hall–Kier alpha value is -2.39. The van der Waals surface area contributed by atoms with E-state index in [1.807, 2.05) is 4.90 Å². The smallest absolute Gasteiger partial charge is 0.311 e. The summed E-state index contributed by atoms with van der Waals surface area (Å²) in [5.41, 5.74) is -8.56. The maximum Gasteiger partial charge on any atom is 0.311 e. The van der Waals surface area contributed by atoms with Crippen molar-refractivity contribution in [3.63, 3.8) is 0 Å². The van der Waals surface area contributed by atoms with E-state index in [0.717, 1.165) is 6.92 Å². The molecule has 18 atom stereocenters. The third-order valence-corrected chi connectivity index (χ3v) is 12.9. The molecule has 0 aliphatic carbocycles. The Labute approximate surface area is 360 Å². The van der Waals surface area contributed by atoms with Crippen molar-refractivity contribution in [1.82, 2.24) is 4.90 Å². The standard InChI is InChI=1S/C43H74FNO16/c1-15-28-43(11,53)35(49)25(6)34(48)40(8,44)21-41(9,52)37(23(4)32(24(5)38(51)58-28)60-31-20-42(10,54-14)36(50)26(7)57-31)61-39-33(27(45(12)13)19-22(3)56-39)59-30(47)18-17-29(46)55-16-2/h22-28,31-33,35-37,39,49-50,52-53H,15-21H2,1-14H3/t22-,23+,24-,25+,26+,27+,28-,31+,32+,33-,35-,36+,37?,39+,40+,41-,42-,43-/m1/s1. The number of hydrogen-bond donors (Lipinski definition) is 4. The zero-order chi connectivity index (χ0) is 46.6. The van der Waals surface area contributed by atoms with Crippen LogP contribution in [0.15, 0.2) is 0 Å². The first-order chi connectivity index (χ1) is 28.1. The molecular weight excluding hydrogens is 805 g/mol. The van der Waals surface area contributed by atoms with Gasteiger partial charge in [-0.25, -0.2) is 4.39 Å². The summed E-state index contributed by atoms with van der Waals surface area (Å²) in [6.07, 6.45) is -13.4. The number of likely N-dealkylation sites (N-methyl/N-ethyl adjacent to an activating group) is 1. The van der Waals surface area contributed by atoms with Gasteiger partial charge in [-0.15, -0.1) is 0 Å². The van der Waals surface area contributed by atoms with Crippen LogP contribution in [-0.4, -0.2) is 167 Å². The molecule has 61 heavy (non-hydrogen) atoms. The van der Waals surface area contributed by atoms with Crippen LogP contribution in [0.25, 0.3) is 0 Å². The Morgan fingerprint density at radius 2 is 1.49 bits per heavy atom. The van der Waals surface area contributed by atoms with Crippen LogP contribution in [-0.2, 0) is 57.1 Å². The summed E-state index contributed by atoms with van der Waals surface area (Å²) in [6.45, 7) is 16.2. The van der Waals surface area contributed by atoms with Crippen LogP contribution in [0.4, 0.5) is 4.39 Å². The van der Waals surface area contributed by atoms with Crippen molar-refractivity contribution in [2.24, 2.45) is 17.8 Å². The molecule has 3 aliphatic heterocycles. The van der Waals surface area contributed by atoms with E-state index in [2.05, 4.69) is 0 Å². The van der Waals surface area contributed by atoms with Crippen LogP contribution in [0.5, 0.6) is 0 Å². The van der Waals surface area contributed by atoms with Gasteiger partial charge in [0, 0.05) is 31.8 Å². The Kier molecular flexibility index (Phi) is 18.3. The first-order valence-corrected chi connectivity index (χ1v) is 21.5. The Morgan fingerprint density at radius 3 is 2.05 bits per heavy atom. The average Bonchev–Trinajstić information content (AvgIpc) is 3.17. The fourth-order valence-corrected chi connectivity index (χ4v) is 9.21. The molecule has 3 rings (SSSR count). The molecule has 0 radical (unpaired) electrons. The number of rotatable bonds is 12. The van der Waals surface area contributed by atoms with Gasteiger partial charge in [0.15, 0.2) is 30.1 Å². The first-order valence-electron chi connectivity index (χ1n) is 21.5. The number of halogens is 1. The van der Waals surface area contributed by atoms with Gasteiger partial charge in [-0.3, -0.25) is 19.2 Å². The summed E-state index contributed by atoms with van der Waals surface area (Å²) in [6, 6.07) is -0.524. The summed E-state index contributed by atoms with van der Waals surface area (Å²) in [7, 11) is 4.96. The molecule has 0 aromatic rings. The van der Waals surface area contributed by atoms with Crippen LogP contribution < -0.4 is 0 Å². The molecule has 18 heteroatoms. The van der Waals surface area contributed by atoms with Crippen LogP contribution >= 0.6 is 0 Å². The van der Waals surface area contributed by atoms with E-state index in [0.29, 0.717) is 6.42 Å². The maximum absolute atomic E-state index is 17.1. The number of aliphatic hydroxyl groups excluding tert-OH is 2. The van der Waals surface area contributed by atoms with Gasteiger partial charge in [-0.05, 0) is 82.3 Å². The van der Waals surface area contributed by atoms with Gasteiger partial charge in [-0.2, -0.15) is 0 Å². The summed E-state index contributed by atoms with van der Waals surface area (Å²) in [4.78, 5) is 55.5. The van der Waals surface area contributed by atoms with Crippen molar-refractivity contribution >= 4 is 23.7 Å². The minimum Gasteiger partial charge on any atom is -0.466 e. The topological polar surface area (TPSA) is 226 Å². The second kappa shape index (κ2) is 21.1. The molecule has 3 aliphatic rings. The Morgan fingerprint density at radius 1 is 0.885 bits per heavy atom. The largest absolute Gasteiger partial charge is 0.466 e. The van der Waals surface area contributed by atoms with Crippen molar-refractivity contribution in [3.05, 3.63) is 0 Å². The van der Waals surface area contributed by atoms with Crippen molar-refractivity contribution in [1.29, 1.82) is 0 Å². The van der Waals surface area contributed by atoms with E-state index in [4.69, 9.17) is 37.9 Å². The fourth-order valence-electron chi connectivity index (χ4n) is 9.21. The summed E-state index contributed by atoms with van der Waals surface area (Å²) >= 11 is 0. The van der Waals surface area contributed by atoms with Crippen molar-refractivity contribution in [2.45, 2.75) is 205 Å². The van der Waals surface area contributed by atoms with Crippen molar-refractivity contribution in [2.75, 3.05) is 27.8 Å². The third-order valence-electron chi connectivity index (χ3n) is 12.9. The molecule has 0 amide bonds. The molecule has 0 aromatic heterocycles. The second-order valence-electron chi connectivity index (χ2n) is 18.5. The van der Waals surface area contributed by atoms with Crippen molar-refractivity contribution < 1.29 is 81.9 Å². The minimum atomic E-state index is -2.85. The molecule has 0 aromatic carbocycles. The number of aliphatic hydroxyl groups is 4. The molecule has 17 nitrogen and oxygen atoms in total. The number of hydrogen-bond acceptors (Lipinski definition) is 17. The van der Waals surface area contributed by atoms with Gasteiger partial charge in [0.25, 0.3) is 0 Å². The highest BCUT2D eigenvalue weighted by Crippen LogP contribution is 2.42. The Balaban J connectivity index is 2.25. The van der Waals surface area contributed by atoms with E-state index in [1.54, 1.807) is 55.6 Å². The lowest BCUT2D eigenvalue weighted by Gasteiger charge is -2.49. The Bertz CT molecular complexity index is 1490. The highest BCUT2D eigenvalue weighted by molar-refractivity contribution is 5.89. The molecule has 354 valence electrons. The number of carbonyl (C=O) groups is 4. The average molecular weight is 880 g/mol. The van der Waals surface area contributed by atoms with Crippen LogP contribution in [0.3, 0.4) is 0 Å². The lowest BCUT2D eigenvalue weighted by atomic mass is 9.73. The summed E-state index contributed by atoms with van der Waals surface area (Å²) in [5.74, 6) is -7.30. The highest BCUT2D eigenvalue weighted by Gasteiger charge is 2.56. The maximum atomic E-state index is 17.1. The zero-order valence-corrected chi connectivity index (χ0v) is 38.5. The number of cyclic esters (lactones) is 1. The second-order valence-corrected chi connectivity index (χ2v) is 18.5. The van der Waals surface area contributed by atoms with Gasteiger partial charge >= 0.3 is 17.9 Å². The molecule has 0 spiro atoms. The fraction of sp³-hybridized carbons (Fsp3) is 0.907. The van der Waals surface area contributed by atoms with Crippen LogP contribution in [0.1, 0.15) is 115 Å². The monoisotopic (exact) mass is 879 g/mol. The molecule has 0 saturated carbocycles. The van der Waals surface area contributed by atoms with Crippen LogP contribution in [0, 0.1) is 17.8 Å². The van der Waals surface area contributed by atoms with Gasteiger partial charge in [0.1, 0.15) is 17.8 Å². The lowest BCUT2D eigenvalue weighted by Crippen LogP contribution is -2.62. The normalized spacial score (nSPS) is 44.5. The number of esters is 3. The summed E-state index contributed by atoms with van der Waals surface area (Å²) in [5, 5.41) is 46.6. The highest BCUT2D eigenvalue weighted by atomic mass is 19.1. The minimum absolute atomic E-state index is 0.00464. The van der Waals surface area contributed by atoms with Gasteiger partial charge in [-0.1, -0.05) is 20.8 Å². The number of ether oxygens (including phenoxy) is 8. The quantitative estimate of drug-likeness (QED) is 0.163. The molecule has 3 heterocycles.